The SMILES string of the molecule is Cn1nc(-c2ccc(F)cc2)cc1C(=O)NC(c1ccsc1)c1cccs1. The fourth-order valence-electron chi connectivity index (χ4n) is 2.86. The second kappa shape index (κ2) is 7.46. The standard InChI is InChI=1S/C20H16FN3OS2/c1-24-17(11-16(23-24)13-4-6-15(21)7-5-13)20(25)22-19(14-8-10-26-12-14)18-3-2-9-27-18/h2-12,19H,1H3,(H,22,25). The van der Waals surface area contributed by atoms with Gasteiger partial charge in [0.25, 0.3) is 5.91 Å². The lowest BCUT2D eigenvalue weighted by Crippen LogP contribution is -2.30. The van der Waals surface area contributed by atoms with Gasteiger partial charge in [0.05, 0.1) is 11.7 Å². The molecule has 1 atom stereocenters. The predicted octanol–water partition coefficient (Wildman–Crippen LogP) is 4.87. The average molecular weight is 398 g/mol. The van der Waals surface area contributed by atoms with E-state index in [1.807, 2.05) is 34.3 Å². The second-order valence-electron chi connectivity index (χ2n) is 6.02. The zero-order chi connectivity index (χ0) is 18.8. The number of carbonyl (C=O) groups is 1. The van der Waals surface area contributed by atoms with Crippen molar-refractivity contribution in [1.82, 2.24) is 15.1 Å². The Balaban J connectivity index is 1.61. The van der Waals surface area contributed by atoms with E-state index in [2.05, 4.69) is 10.4 Å². The molecule has 0 bridgehead atoms. The molecule has 1 N–H and O–H groups in total. The Morgan fingerprint density at radius 3 is 2.67 bits per heavy atom. The van der Waals surface area contributed by atoms with Crippen LogP contribution < -0.4 is 5.32 Å². The van der Waals surface area contributed by atoms with Crippen LogP contribution in [0.2, 0.25) is 0 Å². The molecular weight excluding hydrogens is 381 g/mol. The highest BCUT2D eigenvalue weighted by Crippen LogP contribution is 2.28. The van der Waals surface area contributed by atoms with Gasteiger partial charge in [-0.05, 0) is 64.2 Å². The van der Waals surface area contributed by atoms with Gasteiger partial charge < -0.3 is 5.32 Å². The van der Waals surface area contributed by atoms with E-state index in [0.717, 1.165) is 16.0 Å². The first-order valence-electron chi connectivity index (χ1n) is 8.28. The van der Waals surface area contributed by atoms with Gasteiger partial charge in [-0.15, -0.1) is 11.3 Å². The molecule has 0 aliphatic heterocycles. The summed E-state index contributed by atoms with van der Waals surface area (Å²) in [6, 6.07) is 13.6. The normalized spacial score (nSPS) is 12.1. The molecule has 4 rings (SSSR count). The lowest BCUT2D eigenvalue weighted by molar-refractivity contribution is 0.0934. The molecule has 0 aliphatic rings. The van der Waals surface area contributed by atoms with Gasteiger partial charge in [0.15, 0.2) is 0 Å². The van der Waals surface area contributed by atoms with Crippen LogP contribution in [0.25, 0.3) is 11.3 Å². The summed E-state index contributed by atoms with van der Waals surface area (Å²) in [5.74, 6) is -0.509. The quantitative estimate of drug-likeness (QED) is 0.522. The number of hydrogen-bond acceptors (Lipinski definition) is 4. The molecule has 0 radical (unpaired) electrons. The van der Waals surface area contributed by atoms with Crippen LogP contribution in [0.15, 0.2) is 64.7 Å². The number of benzene rings is 1. The van der Waals surface area contributed by atoms with Crippen molar-refractivity contribution < 1.29 is 9.18 Å². The smallest absolute Gasteiger partial charge is 0.270 e. The molecule has 7 heteroatoms. The van der Waals surface area contributed by atoms with E-state index in [9.17, 15) is 9.18 Å². The molecule has 1 unspecified atom stereocenters. The van der Waals surface area contributed by atoms with Crippen molar-refractivity contribution in [2.24, 2.45) is 7.05 Å². The van der Waals surface area contributed by atoms with Gasteiger partial charge >= 0.3 is 0 Å². The van der Waals surface area contributed by atoms with Gasteiger partial charge in [0.2, 0.25) is 0 Å². The van der Waals surface area contributed by atoms with Gasteiger partial charge in [-0.2, -0.15) is 16.4 Å². The summed E-state index contributed by atoms with van der Waals surface area (Å²) in [4.78, 5) is 14.0. The van der Waals surface area contributed by atoms with Gasteiger partial charge in [0, 0.05) is 17.5 Å². The summed E-state index contributed by atoms with van der Waals surface area (Å²) in [7, 11) is 1.73. The monoisotopic (exact) mass is 397 g/mol. The largest absolute Gasteiger partial charge is 0.339 e. The molecule has 0 spiro atoms. The molecular formula is C20H16FN3OS2. The minimum Gasteiger partial charge on any atom is -0.339 e. The van der Waals surface area contributed by atoms with E-state index < -0.39 is 0 Å². The Bertz CT molecular complexity index is 1000. The van der Waals surface area contributed by atoms with E-state index >= 15 is 0 Å². The number of halogens is 1. The highest BCUT2D eigenvalue weighted by Gasteiger charge is 2.22. The first-order valence-corrected chi connectivity index (χ1v) is 10.1. The first kappa shape index (κ1) is 17.6. The third-order valence-corrected chi connectivity index (χ3v) is 5.87. The number of nitrogens with zero attached hydrogens (tertiary/aromatic N) is 2. The molecule has 4 aromatic rings. The fourth-order valence-corrected chi connectivity index (χ4v) is 4.35. The van der Waals surface area contributed by atoms with Gasteiger partial charge in [0.1, 0.15) is 11.5 Å². The van der Waals surface area contributed by atoms with Crippen molar-refractivity contribution in [3.8, 4) is 11.3 Å². The number of rotatable bonds is 5. The maximum Gasteiger partial charge on any atom is 0.270 e. The van der Waals surface area contributed by atoms with Crippen LogP contribution in [0.3, 0.4) is 0 Å². The molecule has 4 nitrogen and oxygen atoms in total. The predicted molar refractivity (Wildman–Crippen MR) is 107 cm³/mol. The van der Waals surface area contributed by atoms with E-state index in [1.54, 1.807) is 52.6 Å². The number of hydrogen-bond donors (Lipinski definition) is 1. The third kappa shape index (κ3) is 3.70. The molecule has 0 saturated heterocycles. The minimum atomic E-state index is -0.304. The lowest BCUT2D eigenvalue weighted by atomic mass is 10.1. The Morgan fingerprint density at radius 2 is 2.00 bits per heavy atom. The van der Waals surface area contributed by atoms with Gasteiger partial charge in [-0.25, -0.2) is 4.39 Å². The zero-order valence-corrected chi connectivity index (χ0v) is 16.1. The molecule has 27 heavy (non-hydrogen) atoms. The molecule has 3 heterocycles. The van der Waals surface area contributed by atoms with Crippen LogP contribution in [0.5, 0.6) is 0 Å². The van der Waals surface area contributed by atoms with Crippen LogP contribution in [0, 0.1) is 5.82 Å². The Morgan fingerprint density at radius 1 is 1.19 bits per heavy atom. The van der Waals surface area contributed by atoms with Crippen LogP contribution in [0.4, 0.5) is 4.39 Å². The summed E-state index contributed by atoms with van der Waals surface area (Å²) in [5, 5.41) is 13.5. The van der Waals surface area contributed by atoms with Crippen LogP contribution in [0.1, 0.15) is 27.0 Å². The number of thiophene rings is 2. The number of amides is 1. The average Bonchev–Trinajstić information content (AvgIpc) is 3.42. The summed E-state index contributed by atoms with van der Waals surface area (Å²) in [5.41, 5.74) is 2.90. The highest BCUT2D eigenvalue weighted by atomic mass is 32.1. The van der Waals surface area contributed by atoms with E-state index in [1.165, 1.54) is 12.1 Å². The summed E-state index contributed by atoms with van der Waals surface area (Å²) in [6.07, 6.45) is 0. The Labute approximate surface area is 163 Å². The first-order chi connectivity index (χ1) is 13.1. The van der Waals surface area contributed by atoms with Crippen molar-refractivity contribution in [2.45, 2.75) is 6.04 Å². The maximum absolute atomic E-state index is 13.1. The van der Waals surface area contributed by atoms with Crippen molar-refractivity contribution in [2.75, 3.05) is 0 Å². The summed E-state index contributed by atoms with van der Waals surface area (Å²) < 4.78 is 14.7. The zero-order valence-electron chi connectivity index (χ0n) is 14.4. The maximum atomic E-state index is 13.1. The third-order valence-electron chi connectivity index (χ3n) is 4.23. The Kier molecular flexibility index (Phi) is 4.87. The Hall–Kier alpha value is -2.77. The van der Waals surface area contributed by atoms with Gasteiger partial charge in [-0.3, -0.25) is 9.48 Å². The van der Waals surface area contributed by atoms with Crippen LogP contribution >= 0.6 is 22.7 Å². The van der Waals surface area contributed by atoms with Crippen molar-refractivity contribution in [3.63, 3.8) is 0 Å². The fraction of sp³-hybridized carbons (Fsp3) is 0.100. The van der Waals surface area contributed by atoms with Crippen molar-refractivity contribution in [3.05, 3.63) is 86.6 Å². The van der Waals surface area contributed by atoms with Crippen molar-refractivity contribution >= 4 is 28.6 Å². The molecule has 1 amide bonds. The molecule has 0 fully saturated rings. The molecule has 3 aromatic heterocycles. The molecule has 0 aliphatic carbocycles. The highest BCUT2D eigenvalue weighted by molar-refractivity contribution is 7.10. The molecule has 0 saturated carbocycles. The second-order valence-corrected chi connectivity index (χ2v) is 7.78. The van der Waals surface area contributed by atoms with Crippen LogP contribution in [-0.2, 0) is 7.05 Å². The number of aryl methyl sites for hydroxylation is 1. The molecule has 1 aromatic carbocycles. The van der Waals surface area contributed by atoms with Crippen molar-refractivity contribution in [1.29, 1.82) is 0 Å². The number of carbonyl (C=O) groups excluding carboxylic acids is 1. The summed E-state index contributed by atoms with van der Waals surface area (Å²) >= 11 is 3.20. The number of nitrogens with one attached hydrogen (secondary N) is 1. The van der Waals surface area contributed by atoms with E-state index in [0.29, 0.717) is 11.4 Å². The minimum absolute atomic E-state index is 0.201. The number of aromatic nitrogens is 2. The topological polar surface area (TPSA) is 46.9 Å². The lowest BCUT2D eigenvalue weighted by Gasteiger charge is -2.16. The summed E-state index contributed by atoms with van der Waals surface area (Å²) in [6.45, 7) is 0. The van der Waals surface area contributed by atoms with E-state index in [-0.39, 0.29) is 17.8 Å². The molecule has 136 valence electrons. The van der Waals surface area contributed by atoms with Gasteiger partial charge in [-0.1, -0.05) is 6.07 Å². The van der Waals surface area contributed by atoms with E-state index in [4.69, 9.17) is 0 Å². The van der Waals surface area contributed by atoms with Crippen LogP contribution in [-0.4, -0.2) is 15.7 Å².